The maximum Gasteiger partial charge on any atom is 0.261 e. The Bertz CT molecular complexity index is 1250. The van der Waals surface area contributed by atoms with Gasteiger partial charge in [-0.25, -0.2) is 8.42 Å². The number of benzene rings is 4. The molecule has 0 aliphatic carbocycles. The first-order valence-corrected chi connectivity index (χ1v) is 11.5. The highest BCUT2D eigenvalue weighted by Crippen LogP contribution is 2.31. The zero-order chi connectivity index (χ0) is 21.7. The predicted molar refractivity (Wildman–Crippen MR) is 125 cm³/mol. The van der Waals surface area contributed by atoms with Gasteiger partial charge in [0.15, 0.2) is 0 Å². The third kappa shape index (κ3) is 5.13. The van der Waals surface area contributed by atoms with Crippen LogP contribution in [-0.2, 0) is 16.6 Å². The van der Waals surface area contributed by atoms with Gasteiger partial charge in [0.1, 0.15) is 12.4 Å². The third-order valence-corrected chi connectivity index (χ3v) is 6.30. The van der Waals surface area contributed by atoms with E-state index in [1.54, 1.807) is 36.4 Å². The number of nitrogens with one attached hydrogen (secondary N) is 1. The molecule has 0 aromatic heterocycles. The van der Waals surface area contributed by atoms with E-state index in [0.717, 1.165) is 28.0 Å². The van der Waals surface area contributed by atoms with Crippen LogP contribution in [0.15, 0.2) is 108 Å². The van der Waals surface area contributed by atoms with Crippen LogP contribution < -0.4 is 9.46 Å². The molecule has 0 saturated carbocycles. The van der Waals surface area contributed by atoms with Crippen molar-refractivity contribution < 1.29 is 13.2 Å². The fourth-order valence-corrected chi connectivity index (χ4v) is 4.27. The van der Waals surface area contributed by atoms with Crippen LogP contribution in [0, 0.1) is 6.92 Å². The highest BCUT2D eigenvalue weighted by Gasteiger charge is 2.14. The van der Waals surface area contributed by atoms with Gasteiger partial charge in [-0.05, 0) is 48.4 Å². The lowest BCUT2D eigenvalue weighted by molar-refractivity contribution is 0.307. The summed E-state index contributed by atoms with van der Waals surface area (Å²) in [6.45, 7) is 2.40. The highest BCUT2D eigenvalue weighted by molar-refractivity contribution is 7.92. The molecule has 31 heavy (non-hydrogen) atoms. The van der Waals surface area contributed by atoms with Gasteiger partial charge in [-0.3, -0.25) is 4.72 Å². The Hall–Kier alpha value is -3.57. The van der Waals surface area contributed by atoms with Crippen LogP contribution in [0.2, 0.25) is 0 Å². The van der Waals surface area contributed by atoms with Gasteiger partial charge in [-0.1, -0.05) is 78.4 Å². The van der Waals surface area contributed by atoms with Gasteiger partial charge in [0.05, 0.1) is 4.90 Å². The maximum atomic E-state index is 12.6. The first-order chi connectivity index (χ1) is 15.0. The summed E-state index contributed by atoms with van der Waals surface area (Å²) in [6.07, 6.45) is 0. The smallest absolute Gasteiger partial charge is 0.261 e. The molecule has 0 fully saturated rings. The number of rotatable bonds is 7. The lowest BCUT2D eigenvalue weighted by atomic mass is 10.0. The average Bonchev–Trinajstić information content (AvgIpc) is 2.79. The minimum absolute atomic E-state index is 0.238. The van der Waals surface area contributed by atoms with Crippen molar-refractivity contribution in [2.24, 2.45) is 0 Å². The summed E-state index contributed by atoms with van der Waals surface area (Å²) in [7, 11) is -3.63. The molecular formula is C26H23NO3S. The van der Waals surface area contributed by atoms with Crippen LogP contribution in [-0.4, -0.2) is 8.42 Å². The van der Waals surface area contributed by atoms with E-state index in [0.29, 0.717) is 12.3 Å². The molecule has 0 saturated heterocycles. The molecule has 5 heteroatoms. The van der Waals surface area contributed by atoms with Gasteiger partial charge in [-0.15, -0.1) is 0 Å². The van der Waals surface area contributed by atoms with Crippen molar-refractivity contribution in [3.63, 3.8) is 0 Å². The standard InChI is InChI=1S/C26H23NO3S/c1-20-11-17-24(18-12-20)31(28,29)27-23-15-13-22(14-16-23)25-9-5-6-10-26(25)30-19-21-7-3-2-4-8-21/h2-18,27H,19H2,1H3. The van der Waals surface area contributed by atoms with Crippen LogP contribution in [0.1, 0.15) is 11.1 Å². The van der Waals surface area contributed by atoms with E-state index in [4.69, 9.17) is 4.74 Å². The SMILES string of the molecule is Cc1ccc(S(=O)(=O)Nc2ccc(-c3ccccc3OCc3ccccc3)cc2)cc1. The van der Waals surface area contributed by atoms with Crippen LogP contribution in [0.5, 0.6) is 5.75 Å². The minimum atomic E-state index is -3.63. The van der Waals surface area contributed by atoms with Gasteiger partial charge in [0.25, 0.3) is 10.0 Å². The van der Waals surface area contributed by atoms with Crippen molar-refractivity contribution in [1.82, 2.24) is 0 Å². The Labute approximate surface area is 183 Å². The molecule has 0 spiro atoms. The normalized spacial score (nSPS) is 11.1. The van der Waals surface area contributed by atoms with E-state index in [-0.39, 0.29) is 4.90 Å². The average molecular weight is 430 g/mol. The van der Waals surface area contributed by atoms with Crippen LogP contribution in [0.4, 0.5) is 5.69 Å². The van der Waals surface area contributed by atoms with Crippen LogP contribution in [0.25, 0.3) is 11.1 Å². The maximum absolute atomic E-state index is 12.6. The molecule has 4 aromatic carbocycles. The second-order valence-electron chi connectivity index (χ2n) is 7.27. The van der Waals surface area contributed by atoms with Gasteiger partial charge in [0, 0.05) is 11.3 Å². The van der Waals surface area contributed by atoms with Crippen LogP contribution >= 0.6 is 0 Å². The fraction of sp³-hybridized carbons (Fsp3) is 0.0769. The first kappa shape index (κ1) is 20.7. The Kier molecular flexibility index (Phi) is 6.05. The second-order valence-corrected chi connectivity index (χ2v) is 8.95. The van der Waals surface area contributed by atoms with Crippen LogP contribution in [0.3, 0.4) is 0 Å². The first-order valence-electron chi connectivity index (χ1n) is 9.97. The topological polar surface area (TPSA) is 55.4 Å². The highest BCUT2D eigenvalue weighted by atomic mass is 32.2. The number of ether oxygens (including phenoxy) is 1. The lowest BCUT2D eigenvalue weighted by Crippen LogP contribution is -2.12. The summed E-state index contributed by atoms with van der Waals surface area (Å²) in [5, 5.41) is 0. The zero-order valence-electron chi connectivity index (χ0n) is 17.2. The summed E-state index contributed by atoms with van der Waals surface area (Å²) in [4.78, 5) is 0.238. The van der Waals surface area contributed by atoms with Gasteiger partial charge in [0.2, 0.25) is 0 Å². The molecule has 1 N–H and O–H groups in total. The molecule has 156 valence electrons. The molecular weight excluding hydrogens is 406 g/mol. The zero-order valence-corrected chi connectivity index (χ0v) is 18.0. The predicted octanol–water partition coefficient (Wildman–Crippen LogP) is 6.04. The number of hydrogen-bond donors (Lipinski definition) is 1. The fourth-order valence-electron chi connectivity index (χ4n) is 3.22. The molecule has 4 nitrogen and oxygen atoms in total. The summed E-state index contributed by atoms with van der Waals surface area (Å²) >= 11 is 0. The molecule has 0 unspecified atom stereocenters. The molecule has 4 rings (SSSR count). The summed E-state index contributed by atoms with van der Waals surface area (Å²) in [5.41, 5.74) is 4.51. The summed E-state index contributed by atoms with van der Waals surface area (Å²) in [5.74, 6) is 0.777. The molecule has 0 amide bonds. The van der Waals surface area contributed by atoms with E-state index in [2.05, 4.69) is 4.72 Å². The molecule has 0 atom stereocenters. The minimum Gasteiger partial charge on any atom is -0.488 e. The van der Waals surface area contributed by atoms with Gasteiger partial charge < -0.3 is 4.74 Å². The monoisotopic (exact) mass is 429 g/mol. The lowest BCUT2D eigenvalue weighted by Gasteiger charge is -2.13. The van der Waals surface area contributed by atoms with Crippen molar-refractivity contribution in [3.8, 4) is 16.9 Å². The van der Waals surface area contributed by atoms with Crippen molar-refractivity contribution >= 4 is 15.7 Å². The molecule has 0 radical (unpaired) electrons. The molecule has 0 heterocycles. The van der Waals surface area contributed by atoms with E-state index in [1.165, 1.54) is 0 Å². The van der Waals surface area contributed by atoms with Crippen molar-refractivity contribution in [2.75, 3.05) is 4.72 Å². The number of aryl methyl sites for hydroxylation is 1. The van der Waals surface area contributed by atoms with E-state index < -0.39 is 10.0 Å². The molecule has 4 aromatic rings. The Morgan fingerprint density at radius 2 is 1.39 bits per heavy atom. The second kappa shape index (κ2) is 9.06. The quantitative estimate of drug-likeness (QED) is 0.390. The summed E-state index contributed by atoms with van der Waals surface area (Å²) < 4.78 is 33.9. The van der Waals surface area contributed by atoms with Gasteiger partial charge in [-0.2, -0.15) is 0 Å². The molecule has 0 aliphatic rings. The van der Waals surface area contributed by atoms with Crippen molar-refractivity contribution in [1.29, 1.82) is 0 Å². The largest absolute Gasteiger partial charge is 0.488 e. The number of hydrogen-bond acceptors (Lipinski definition) is 3. The Morgan fingerprint density at radius 3 is 2.10 bits per heavy atom. The van der Waals surface area contributed by atoms with E-state index in [1.807, 2.05) is 73.7 Å². The summed E-state index contributed by atoms with van der Waals surface area (Å²) in [6, 6.07) is 31.9. The van der Waals surface area contributed by atoms with Crippen molar-refractivity contribution in [3.05, 3.63) is 114 Å². The van der Waals surface area contributed by atoms with Crippen molar-refractivity contribution in [2.45, 2.75) is 18.4 Å². The van der Waals surface area contributed by atoms with Gasteiger partial charge >= 0.3 is 0 Å². The van der Waals surface area contributed by atoms with E-state index in [9.17, 15) is 8.42 Å². The number of anilines is 1. The van der Waals surface area contributed by atoms with E-state index >= 15 is 0 Å². The number of sulfonamides is 1. The Balaban J connectivity index is 1.51. The Morgan fingerprint density at radius 1 is 0.742 bits per heavy atom. The molecule has 0 bridgehead atoms. The molecule has 0 aliphatic heterocycles. The number of para-hydroxylation sites is 1. The third-order valence-electron chi connectivity index (χ3n) is 4.90.